The molecule has 1 atom stereocenters. The van der Waals surface area contributed by atoms with E-state index in [4.69, 9.17) is 0 Å². The minimum Gasteiger partial charge on any atom is -0.354 e. The van der Waals surface area contributed by atoms with Gasteiger partial charge in [-0.15, -0.1) is 0 Å². The number of carbonyl (C=O) groups excluding carboxylic acids is 1. The Kier molecular flexibility index (Phi) is 6.27. The van der Waals surface area contributed by atoms with E-state index < -0.39 is 0 Å². The van der Waals surface area contributed by atoms with E-state index in [1.165, 1.54) is 11.1 Å². The molecule has 6 nitrogen and oxygen atoms in total. The molecule has 6 heteroatoms. The molecule has 1 aromatic heterocycles. The summed E-state index contributed by atoms with van der Waals surface area (Å²) in [6.45, 7) is 9.22. The lowest BCUT2D eigenvalue weighted by Gasteiger charge is -2.27. The van der Waals surface area contributed by atoms with Gasteiger partial charge in [0.2, 0.25) is 5.91 Å². The molecule has 1 fully saturated rings. The lowest BCUT2D eigenvalue weighted by atomic mass is 10.1. The Bertz CT molecular complexity index is 889. The number of carbonyl (C=O) groups is 1. The molecule has 3 rings (SSSR count). The Morgan fingerprint density at radius 2 is 2.00 bits per heavy atom. The fourth-order valence-electron chi connectivity index (χ4n) is 3.50. The predicted octanol–water partition coefficient (Wildman–Crippen LogP) is 3.11. The van der Waals surface area contributed by atoms with E-state index in [1.54, 1.807) is 18.3 Å². The van der Waals surface area contributed by atoms with Crippen LogP contribution < -0.4 is 10.2 Å². The third kappa shape index (κ3) is 4.49. The molecule has 0 radical (unpaired) electrons. The maximum atomic E-state index is 12.8. The van der Waals surface area contributed by atoms with Gasteiger partial charge >= 0.3 is 0 Å². The van der Waals surface area contributed by atoms with Crippen molar-refractivity contribution in [3.8, 4) is 6.07 Å². The molecule has 1 aliphatic heterocycles. The first-order chi connectivity index (χ1) is 13.5. The van der Waals surface area contributed by atoms with Crippen LogP contribution in [0.15, 0.2) is 36.5 Å². The third-order valence-electron chi connectivity index (χ3n) is 5.44. The number of pyridine rings is 1. The van der Waals surface area contributed by atoms with Crippen LogP contribution in [0.25, 0.3) is 0 Å². The summed E-state index contributed by atoms with van der Waals surface area (Å²) in [5, 5.41) is 12.4. The molecule has 2 heterocycles. The molecule has 1 aromatic carbocycles. The van der Waals surface area contributed by atoms with Gasteiger partial charge in [0, 0.05) is 38.1 Å². The average Bonchev–Trinajstić information content (AvgIpc) is 2.96. The average molecular weight is 377 g/mol. The molecule has 0 bridgehead atoms. The second kappa shape index (κ2) is 8.85. The first-order valence-corrected chi connectivity index (χ1v) is 9.72. The molecule has 1 amide bonds. The molecular formula is C22H27N5O. The summed E-state index contributed by atoms with van der Waals surface area (Å²) in [5.74, 6) is 0.742. The second-order valence-electron chi connectivity index (χ2n) is 7.33. The summed E-state index contributed by atoms with van der Waals surface area (Å²) >= 11 is 0. The molecule has 0 spiro atoms. The van der Waals surface area contributed by atoms with Crippen molar-refractivity contribution < 1.29 is 4.79 Å². The van der Waals surface area contributed by atoms with Crippen molar-refractivity contribution in [3.05, 3.63) is 53.2 Å². The molecule has 1 unspecified atom stereocenters. The van der Waals surface area contributed by atoms with E-state index in [9.17, 15) is 10.1 Å². The van der Waals surface area contributed by atoms with Crippen LogP contribution in [0.3, 0.4) is 0 Å². The molecular weight excluding hydrogens is 350 g/mol. The Hall–Kier alpha value is -2.91. The molecule has 1 saturated heterocycles. The highest BCUT2D eigenvalue weighted by molar-refractivity contribution is 5.94. The van der Waals surface area contributed by atoms with Crippen LogP contribution in [0.4, 0.5) is 11.5 Å². The summed E-state index contributed by atoms with van der Waals surface area (Å²) < 4.78 is 0. The number of hydrogen-bond acceptors (Lipinski definition) is 5. The van der Waals surface area contributed by atoms with Crippen molar-refractivity contribution in [3.63, 3.8) is 0 Å². The van der Waals surface area contributed by atoms with Crippen molar-refractivity contribution in [2.45, 2.75) is 33.2 Å². The van der Waals surface area contributed by atoms with Crippen molar-refractivity contribution in [2.24, 2.45) is 0 Å². The minimum absolute atomic E-state index is 0.00672. The second-order valence-corrected chi connectivity index (χ2v) is 7.33. The molecule has 0 saturated carbocycles. The minimum atomic E-state index is -0.222. The topological polar surface area (TPSA) is 72.3 Å². The zero-order valence-corrected chi connectivity index (χ0v) is 16.8. The van der Waals surface area contributed by atoms with Gasteiger partial charge in [-0.25, -0.2) is 4.98 Å². The molecule has 28 heavy (non-hydrogen) atoms. The van der Waals surface area contributed by atoms with Gasteiger partial charge < -0.3 is 10.2 Å². The summed E-state index contributed by atoms with van der Waals surface area (Å²) in [5.41, 5.74) is 3.81. The fourth-order valence-corrected chi connectivity index (χ4v) is 3.50. The van der Waals surface area contributed by atoms with Gasteiger partial charge in [-0.2, -0.15) is 5.26 Å². The number of nitrogens with one attached hydrogen (secondary N) is 1. The zero-order valence-electron chi connectivity index (χ0n) is 16.8. The van der Waals surface area contributed by atoms with Gasteiger partial charge in [-0.1, -0.05) is 6.07 Å². The standard InChI is InChI=1S/C22H27N5O/c1-16-7-8-20(14-17(16)2)25-22(28)18(3)26-10-5-11-27(13-12-26)21-19(15-23)6-4-9-24-21/h4,6-9,14,18H,5,10-13H2,1-3H3,(H,25,28). The number of anilines is 2. The van der Waals surface area contributed by atoms with Crippen molar-refractivity contribution in [1.82, 2.24) is 9.88 Å². The van der Waals surface area contributed by atoms with Gasteiger partial charge in [0.1, 0.15) is 11.9 Å². The molecule has 1 aliphatic rings. The summed E-state index contributed by atoms with van der Waals surface area (Å²) in [6, 6.07) is 11.6. The number of rotatable bonds is 4. The zero-order chi connectivity index (χ0) is 20.1. The van der Waals surface area contributed by atoms with Crippen molar-refractivity contribution in [1.29, 1.82) is 5.26 Å². The fraction of sp³-hybridized carbons (Fsp3) is 0.409. The van der Waals surface area contributed by atoms with E-state index in [0.717, 1.165) is 44.1 Å². The Balaban J connectivity index is 1.63. The van der Waals surface area contributed by atoms with Crippen LogP contribution >= 0.6 is 0 Å². The van der Waals surface area contributed by atoms with Crippen LogP contribution in [0.2, 0.25) is 0 Å². The highest BCUT2D eigenvalue weighted by Gasteiger charge is 2.25. The van der Waals surface area contributed by atoms with Crippen molar-refractivity contribution in [2.75, 3.05) is 36.4 Å². The number of aryl methyl sites for hydroxylation is 2. The highest BCUT2D eigenvalue weighted by atomic mass is 16.2. The first-order valence-electron chi connectivity index (χ1n) is 9.72. The van der Waals surface area contributed by atoms with Crippen LogP contribution in [0.5, 0.6) is 0 Å². The monoisotopic (exact) mass is 377 g/mol. The van der Waals surface area contributed by atoms with Gasteiger partial charge in [-0.05, 0) is 62.6 Å². The lowest BCUT2D eigenvalue weighted by molar-refractivity contribution is -0.120. The SMILES string of the molecule is Cc1ccc(NC(=O)C(C)N2CCCN(c3ncccc3C#N)CC2)cc1C. The Labute approximate surface area is 166 Å². The van der Waals surface area contributed by atoms with Crippen molar-refractivity contribution >= 4 is 17.4 Å². The Morgan fingerprint density at radius 3 is 2.75 bits per heavy atom. The summed E-state index contributed by atoms with van der Waals surface area (Å²) in [4.78, 5) is 21.5. The van der Waals surface area contributed by atoms with Crippen LogP contribution in [-0.4, -0.2) is 48.0 Å². The van der Waals surface area contributed by atoms with Gasteiger partial charge in [0.05, 0.1) is 11.6 Å². The van der Waals surface area contributed by atoms with E-state index in [1.807, 2.05) is 32.0 Å². The number of hydrogen-bond donors (Lipinski definition) is 1. The van der Waals surface area contributed by atoms with Gasteiger partial charge in [-0.3, -0.25) is 9.69 Å². The summed E-state index contributed by atoms with van der Waals surface area (Å²) in [6.07, 6.45) is 2.64. The van der Waals surface area contributed by atoms with Gasteiger partial charge in [0.15, 0.2) is 0 Å². The van der Waals surface area contributed by atoms with E-state index in [2.05, 4.69) is 33.1 Å². The molecule has 146 valence electrons. The van der Waals surface area contributed by atoms with Crippen LogP contribution in [-0.2, 0) is 4.79 Å². The van der Waals surface area contributed by atoms with E-state index in [-0.39, 0.29) is 11.9 Å². The maximum absolute atomic E-state index is 12.8. The largest absolute Gasteiger partial charge is 0.354 e. The highest BCUT2D eigenvalue weighted by Crippen LogP contribution is 2.20. The molecule has 1 N–H and O–H groups in total. The predicted molar refractivity (Wildman–Crippen MR) is 111 cm³/mol. The normalized spacial score (nSPS) is 16.1. The molecule has 2 aromatic rings. The number of nitriles is 1. The number of nitrogens with zero attached hydrogens (tertiary/aromatic N) is 4. The van der Waals surface area contributed by atoms with E-state index >= 15 is 0 Å². The van der Waals surface area contributed by atoms with E-state index in [0.29, 0.717) is 5.56 Å². The third-order valence-corrected chi connectivity index (χ3v) is 5.44. The maximum Gasteiger partial charge on any atom is 0.241 e. The van der Waals surface area contributed by atoms with Crippen LogP contribution in [0.1, 0.15) is 30.0 Å². The summed E-state index contributed by atoms with van der Waals surface area (Å²) in [7, 11) is 0. The Morgan fingerprint density at radius 1 is 1.18 bits per heavy atom. The first kappa shape index (κ1) is 19.8. The number of benzene rings is 1. The smallest absolute Gasteiger partial charge is 0.241 e. The number of amides is 1. The lowest BCUT2D eigenvalue weighted by Crippen LogP contribution is -2.44. The van der Waals surface area contributed by atoms with Gasteiger partial charge in [0.25, 0.3) is 0 Å². The van der Waals surface area contributed by atoms with Crippen LogP contribution in [0, 0.1) is 25.2 Å². The quantitative estimate of drug-likeness (QED) is 0.886. The number of aromatic nitrogens is 1. The molecule has 0 aliphatic carbocycles.